The molecule has 0 spiro atoms. The van der Waals surface area contributed by atoms with E-state index in [0.717, 1.165) is 0 Å². The third-order valence-electron chi connectivity index (χ3n) is 3.16. The summed E-state index contributed by atoms with van der Waals surface area (Å²) in [5.41, 5.74) is 0.875. The van der Waals surface area contributed by atoms with Gasteiger partial charge in [0, 0.05) is 25.9 Å². The molecule has 1 amide bonds. The second-order valence-corrected chi connectivity index (χ2v) is 6.10. The molecule has 0 aliphatic carbocycles. The van der Waals surface area contributed by atoms with Gasteiger partial charge in [-0.3, -0.25) is 4.79 Å². The third kappa shape index (κ3) is 3.24. The molecule has 110 valence electrons. The Morgan fingerprint density at radius 3 is 2.75 bits per heavy atom. The van der Waals surface area contributed by atoms with Crippen LogP contribution in [0.4, 0.5) is 19.7 Å². The van der Waals surface area contributed by atoms with Crippen molar-refractivity contribution in [1.82, 2.24) is 0 Å². The summed E-state index contributed by atoms with van der Waals surface area (Å²) in [7, 11) is -3.00. The lowest BCUT2D eigenvalue weighted by Crippen LogP contribution is -2.26. The first kappa shape index (κ1) is 14.7. The van der Waals surface area contributed by atoms with Crippen LogP contribution >= 0.6 is 0 Å². The monoisotopic (exact) mass is 304 g/mol. The molecular formula is C12H14F2N2O3S. The highest BCUT2D eigenvalue weighted by atomic mass is 32.3. The van der Waals surface area contributed by atoms with Crippen LogP contribution in [0.5, 0.6) is 0 Å². The van der Waals surface area contributed by atoms with Crippen molar-refractivity contribution in [2.75, 3.05) is 29.6 Å². The second kappa shape index (κ2) is 5.35. The van der Waals surface area contributed by atoms with E-state index >= 15 is 0 Å². The molecule has 1 aliphatic heterocycles. The Labute approximate surface area is 115 Å². The van der Waals surface area contributed by atoms with Crippen molar-refractivity contribution in [2.45, 2.75) is 6.42 Å². The first-order chi connectivity index (χ1) is 9.30. The van der Waals surface area contributed by atoms with E-state index in [1.807, 2.05) is 0 Å². The van der Waals surface area contributed by atoms with Gasteiger partial charge in [-0.05, 0) is 18.2 Å². The Kier molecular flexibility index (Phi) is 3.94. The Morgan fingerprint density at radius 1 is 1.45 bits per heavy atom. The first-order valence-electron chi connectivity index (χ1n) is 6.00. The van der Waals surface area contributed by atoms with Gasteiger partial charge in [-0.15, -0.1) is 3.89 Å². The highest BCUT2D eigenvalue weighted by Gasteiger charge is 2.34. The standard InChI is InChI=1S/C12H14F2N2O3S/c1-15-10-3-2-9(13)5-11(10)16-6-8(4-12(16)17)7-20(14,18)19/h2-3,5,8,15H,4,6-7H2,1H3. The zero-order valence-corrected chi connectivity index (χ0v) is 11.6. The molecule has 8 heteroatoms. The predicted molar refractivity (Wildman–Crippen MR) is 71.3 cm³/mol. The molecule has 2 rings (SSSR count). The van der Waals surface area contributed by atoms with Crippen molar-refractivity contribution in [3.8, 4) is 0 Å². The number of carbonyl (C=O) groups excluding carboxylic acids is 1. The number of hydrogen-bond acceptors (Lipinski definition) is 4. The van der Waals surface area contributed by atoms with E-state index in [9.17, 15) is 21.5 Å². The van der Waals surface area contributed by atoms with Gasteiger partial charge in [-0.25, -0.2) is 4.39 Å². The number of benzene rings is 1. The number of hydrogen-bond donors (Lipinski definition) is 1. The predicted octanol–water partition coefficient (Wildman–Crippen LogP) is 1.52. The Balaban J connectivity index is 2.26. The Bertz CT molecular complexity index is 634. The molecule has 1 fully saturated rings. The maximum absolute atomic E-state index is 13.3. The third-order valence-corrected chi connectivity index (χ3v) is 4.03. The van der Waals surface area contributed by atoms with E-state index < -0.39 is 27.7 Å². The molecule has 0 bridgehead atoms. The number of carbonyl (C=O) groups is 1. The Hall–Kier alpha value is -1.70. The summed E-state index contributed by atoms with van der Waals surface area (Å²) in [6.07, 6.45) is -0.0666. The van der Waals surface area contributed by atoms with Crippen molar-refractivity contribution in [3.05, 3.63) is 24.0 Å². The van der Waals surface area contributed by atoms with Crippen LogP contribution in [0, 0.1) is 11.7 Å². The molecule has 20 heavy (non-hydrogen) atoms. The van der Waals surface area contributed by atoms with Crippen molar-refractivity contribution in [2.24, 2.45) is 5.92 Å². The van der Waals surface area contributed by atoms with Gasteiger partial charge in [0.05, 0.1) is 17.1 Å². The fraction of sp³-hybridized carbons (Fsp3) is 0.417. The van der Waals surface area contributed by atoms with Crippen LogP contribution < -0.4 is 10.2 Å². The van der Waals surface area contributed by atoms with Gasteiger partial charge in [-0.1, -0.05) is 0 Å². The zero-order valence-electron chi connectivity index (χ0n) is 10.8. The smallest absolute Gasteiger partial charge is 0.302 e. The van der Waals surface area contributed by atoms with Gasteiger partial charge in [0.25, 0.3) is 0 Å². The van der Waals surface area contributed by atoms with Crippen molar-refractivity contribution in [1.29, 1.82) is 0 Å². The number of anilines is 2. The summed E-state index contributed by atoms with van der Waals surface area (Å²) in [4.78, 5) is 13.2. The number of nitrogens with zero attached hydrogens (tertiary/aromatic N) is 1. The van der Waals surface area contributed by atoms with Gasteiger partial charge in [0.2, 0.25) is 5.91 Å². The van der Waals surface area contributed by atoms with Gasteiger partial charge < -0.3 is 10.2 Å². The second-order valence-electron chi connectivity index (χ2n) is 4.69. The molecule has 0 saturated carbocycles. The average molecular weight is 304 g/mol. The fourth-order valence-corrected chi connectivity index (χ4v) is 3.13. The highest BCUT2D eigenvalue weighted by Crippen LogP contribution is 2.32. The normalized spacial score (nSPS) is 19.4. The summed E-state index contributed by atoms with van der Waals surface area (Å²) >= 11 is 0. The van der Waals surface area contributed by atoms with Crippen molar-refractivity contribution < 1.29 is 21.5 Å². The quantitative estimate of drug-likeness (QED) is 0.857. The van der Waals surface area contributed by atoms with Crippen LogP contribution in [0.25, 0.3) is 0 Å². The lowest BCUT2D eigenvalue weighted by Gasteiger charge is -2.20. The minimum absolute atomic E-state index is 0.0557. The lowest BCUT2D eigenvalue weighted by atomic mass is 10.1. The Morgan fingerprint density at radius 2 is 2.15 bits per heavy atom. The van der Waals surface area contributed by atoms with Gasteiger partial charge >= 0.3 is 10.2 Å². The molecular weight excluding hydrogens is 290 g/mol. The summed E-state index contributed by atoms with van der Waals surface area (Å²) < 4.78 is 47.3. The molecule has 1 aliphatic rings. The van der Waals surface area contributed by atoms with E-state index in [4.69, 9.17) is 0 Å². The van der Waals surface area contributed by atoms with Gasteiger partial charge in [0.15, 0.2) is 0 Å². The summed E-state index contributed by atoms with van der Waals surface area (Å²) in [6.45, 7) is 0.0557. The largest absolute Gasteiger partial charge is 0.386 e. The van der Waals surface area contributed by atoms with Crippen LogP contribution in [0.1, 0.15) is 6.42 Å². The van der Waals surface area contributed by atoms with Crippen LogP contribution in [0.2, 0.25) is 0 Å². The molecule has 1 N–H and O–H groups in total. The summed E-state index contributed by atoms with van der Waals surface area (Å²) in [5, 5.41) is 2.83. The summed E-state index contributed by atoms with van der Waals surface area (Å²) in [5.74, 6) is -2.17. The first-order valence-corrected chi connectivity index (χ1v) is 7.55. The van der Waals surface area contributed by atoms with E-state index in [2.05, 4.69) is 5.32 Å². The van der Waals surface area contributed by atoms with E-state index in [0.29, 0.717) is 11.4 Å². The summed E-state index contributed by atoms with van der Waals surface area (Å²) in [6, 6.07) is 3.92. The molecule has 1 aromatic rings. The molecule has 1 aromatic carbocycles. The van der Waals surface area contributed by atoms with Crippen LogP contribution in [0.15, 0.2) is 18.2 Å². The molecule has 5 nitrogen and oxygen atoms in total. The number of amides is 1. The molecule has 1 unspecified atom stereocenters. The molecule has 0 aromatic heterocycles. The maximum Gasteiger partial charge on any atom is 0.302 e. The molecule has 1 saturated heterocycles. The maximum atomic E-state index is 13.3. The zero-order chi connectivity index (χ0) is 14.9. The van der Waals surface area contributed by atoms with E-state index in [1.165, 1.54) is 23.1 Å². The number of halogens is 2. The number of rotatable bonds is 4. The number of nitrogens with one attached hydrogen (secondary N) is 1. The SMILES string of the molecule is CNc1ccc(F)cc1N1CC(CS(=O)(=O)F)CC1=O. The van der Waals surface area contributed by atoms with Gasteiger partial charge in [0.1, 0.15) is 5.82 Å². The molecule has 0 radical (unpaired) electrons. The van der Waals surface area contributed by atoms with Crippen molar-refractivity contribution in [3.63, 3.8) is 0 Å². The lowest BCUT2D eigenvalue weighted by molar-refractivity contribution is -0.117. The molecule has 1 atom stereocenters. The van der Waals surface area contributed by atoms with Crippen LogP contribution in [0.3, 0.4) is 0 Å². The highest BCUT2D eigenvalue weighted by molar-refractivity contribution is 7.86. The topological polar surface area (TPSA) is 66.5 Å². The van der Waals surface area contributed by atoms with E-state index in [-0.39, 0.29) is 18.9 Å². The van der Waals surface area contributed by atoms with Crippen LogP contribution in [-0.2, 0) is 15.0 Å². The fourth-order valence-electron chi connectivity index (χ4n) is 2.35. The average Bonchev–Trinajstić information content (AvgIpc) is 2.67. The van der Waals surface area contributed by atoms with E-state index in [1.54, 1.807) is 7.05 Å². The van der Waals surface area contributed by atoms with Crippen molar-refractivity contribution >= 4 is 27.5 Å². The molecule has 1 heterocycles. The minimum atomic E-state index is -4.63. The minimum Gasteiger partial charge on any atom is -0.386 e. The van der Waals surface area contributed by atoms with Crippen LogP contribution in [-0.4, -0.2) is 33.7 Å². The van der Waals surface area contributed by atoms with Gasteiger partial charge in [-0.2, -0.15) is 8.42 Å².